The highest BCUT2D eigenvalue weighted by molar-refractivity contribution is 9.10. The molecule has 0 radical (unpaired) electrons. The van der Waals surface area contributed by atoms with Crippen LogP contribution in [-0.2, 0) is 6.54 Å². The van der Waals surface area contributed by atoms with Gasteiger partial charge in [-0.05, 0) is 45.8 Å². The van der Waals surface area contributed by atoms with Crippen LogP contribution in [-0.4, -0.2) is 29.5 Å². The molecule has 1 aliphatic heterocycles. The molecule has 1 unspecified atom stereocenters. The number of aromatic nitrogens is 1. The summed E-state index contributed by atoms with van der Waals surface area (Å²) in [5.74, 6) is 0. The topological polar surface area (TPSA) is 28.2 Å². The van der Waals surface area contributed by atoms with E-state index < -0.39 is 0 Å². The normalized spacial score (nSPS) is 19.6. The second kappa shape index (κ2) is 6.88. The van der Waals surface area contributed by atoms with Gasteiger partial charge in [0.2, 0.25) is 0 Å². The summed E-state index contributed by atoms with van der Waals surface area (Å²) in [5.41, 5.74) is 2.35. The minimum absolute atomic E-state index is 0.336. The molecule has 1 fully saturated rings. The molecule has 0 saturated carbocycles. The Morgan fingerprint density at radius 1 is 1.33 bits per heavy atom. The van der Waals surface area contributed by atoms with E-state index in [-0.39, 0.29) is 0 Å². The monoisotopic (exact) mass is 365 g/mol. The van der Waals surface area contributed by atoms with Gasteiger partial charge in [0.25, 0.3) is 0 Å². The number of hydrogen-bond acceptors (Lipinski definition) is 3. The van der Waals surface area contributed by atoms with Gasteiger partial charge in [0.15, 0.2) is 0 Å². The van der Waals surface area contributed by atoms with Crippen molar-refractivity contribution in [3.05, 3.63) is 63.3 Å². The van der Waals surface area contributed by atoms with Crippen LogP contribution in [0.2, 0.25) is 5.02 Å². The van der Waals surface area contributed by atoms with Crippen LogP contribution in [0.25, 0.3) is 0 Å². The molecule has 1 atom stereocenters. The number of benzene rings is 1. The first-order valence-corrected chi connectivity index (χ1v) is 8.20. The fourth-order valence-electron chi connectivity index (χ4n) is 2.69. The van der Waals surface area contributed by atoms with Crippen LogP contribution in [0.1, 0.15) is 17.3 Å². The Labute approximate surface area is 138 Å². The van der Waals surface area contributed by atoms with Gasteiger partial charge in [-0.15, -0.1) is 0 Å². The van der Waals surface area contributed by atoms with Crippen molar-refractivity contribution < 1.29 is 0 Å². The summed E-state index contributed by atoms with van der Waals surface area (Å²) in [4.78, 5) is 6.94. The number of nitrogens with one attached hydrogen (secondary N) is 1. The highest BCUT2D eigenvalue weighted by Gasteiger charge is 2.24. The van der Waals surface area contributed by atoms with Gasteiger partial charge in [0.05, 0.1) is 5.69 Å². The van der Waals surface area contributed by atoms with Gasteiger partial charge < -0.3 is 5.32 Å². The molecule has 21 heavy (non-hydrogen) atoms. The Kier molecular flexibility index (Phi) is 4.91. The molecule has 1 N–H and O–H groups in total. The maximum atomic E-state index is 6.13. The van der Waals surface area contributed by atoms with Crippen LogP contribution in [0.4, 0.5) is 0 Å². The van der Waals surface area contributed by atoms with Crippen molar-refractivity contribution >= 4 is 27.5 Å². The molecule has 1 saturated heterocycles. The summed E-state index contributed by atoms with van der Waals surface area (Å²) in [6.45, 7) is 3.81. The first kappa shape index (κ1) is 15.0. The molecular weight excluding hydrogens is 350 g/mol. The van der Waals surface area contributed by atoms with Crippen LogP contribution in [0, 0.1) is 0 Å². The Hall–Kier alpha value is -0.940. The van der Waals surface area contributed by atoms with Crippen molar-refractivity contribution in [3.63, 3.8) is 0 Å². The van der Waals surface area contributed by atoms with E-state index in [0.717, 1.165) is 41.4 Å². The molecule has 0 spiro atoms. The molecule has 0 bridgehead atoms. The molecular formula is C16H17BrClN3. The molecule has 5 heteroatoms. The molecule has 0 amide bonds. The lowest BCUT2D eigenvalue weighted by Gasteiger charge is -2.36. The number of nitrogens with zero attached hydrogens (tertiary/aromatic N) is 2. The van der Waals surface area contributed by atoms with Gasteiger partial charge in [0, 0.05) is 47.9 Å². The fourth-order valence-corrected chi connectivity index (χ4v) is 3.12. The Bertz CT molecular complexity index is 603. The molecule has 110 valence electrons. The number of halogens is 2. The summed E-state index contributed by atoms with van der Waals surface area (Å²) >= 11 is 9.56. The van der Waals surface area contributed by atoms with Gasteiger partial charge in [0.1, 0.15) is 0 Å². The predicted molar refractivity (Wildman–Crippen MR) is 89.4 cm³/mol. The lowest BCUT2D eigenvalue weighted by Crippen LogP contribution is -2.45. The van der Waals surface area contributed by atoms with Gasteiger partial charge >= 0.3 is 0 Å². The molecule has 2 heterocycles. The average Bonchev–Trinajstić information content (AvgIpc) is 2.50. The van der Waals surface area contributed by atoms with E-state index in [1.807, 2.05) is 24.4 Å². The first-order chi connectivity index (χ1) is 10.2. The fraction of sp³-hybridized carbons (Fsp3) is 0.312. The summed E-state index contributed by atoms with van der Waals surface area (Å²) in [6, 6.07) is 12.6. The largest absolute Gasteiger partial charge is 0.314 e. The first-order valence-electron chi connectivity index (χ1n) is 7.03. The van der Waals surface area contributed by atoms with Crippen molar-refractivity contribution in [3.8, 4) is 0 Å². The van der Waals surface area contributed by atoms with Crippen molar-refractivity contribution in [2.45, 2.75) is 12.6 Å². The Balaban J connectivity index is 1.79. The third kappa shape index (κ3) is 3.83. The summed E-state index contributed by atoms with van der Waals surface area (Å²) < 4.78 is 1.01. The summed E-state index contributed by atoms with van der Waals surface area (Å²) in [7, 11) is 0. The highest BCUT2D eigenvalue weighted by Crippen LogP contribution is 2.26. The van der Waals surface area contributed by atoms with Crippen molar-refractivity contribution in [2.24, 2.45) is 0 Å². The van der Waals surface area contributed by atoms with Crippen LogP contribution in [0.5, 0.6) is 0 Å². The second-order valence-electron chi connectivity index (χ2n) is 5.21. The van der Waals surface area contributed by atoms with Crippen LogP contribution in [0.15, 0.2) is 47.1 Å². The van der Waals surface area contributed by atoms with E-state index in [4.69, 9.17) is 11.6 Å². The molecule has 3 rings (SSSR count). The Morgan fingerprint density at radius 2 is 2.24 bits per heavy atom. The molecule has 3 nitrogen and oxygen atoms in total. The van der Waals surface area contributed by atoms with Gasteiger partial charge in [-0.3, -0.25) is 9.88 Å². The quantitative estimate of drug-likeness (QED) is 0.899. The lowest BCUT2D eigenvalue weighted by molar-refractivity contribution is 0.152. The molecule has 0 aliphatic carbocycles. The second-order valence-corrected chi connectivity index (χ2v) is 6.57. The number of rotatable bonds is 3. The zero-order valence-electron chi connectivity index (χ0n) is 11.6. The molecule has 1 aliphatic rings. The van der Waals surface area contributed by atoms with Crippen LogP contribution < -0.4 is 5.32 Å². The van der Waals surface area contributed by atoms with E-state index in [1.165, 1.54) is 5.56 Å². The standard InChI is InChI=1S/C16H17BrClN3/c17-13-4-5-15(20-9-13)11-21-7-6-19-10-16(21)12-2-1-3-14(18)8-12/h1-5,8-9,16,19H,6-7,10-11H2. The number of piperazine rings is 1. The Morgan fingerprint density at radius 3 is 3.00 bits per heavy atom. The van der Waals surface area contributed by atoms with E-state index in [0.29, 0.717) is 6.04 Å². The third-order valence-corrected chi connectivity index (χ3v) is 4.45. The van der Waals surface area contributed by atoms with Crippen molar-refractivity contribution in [2.75, 3.05) is 19.6 Å². The number of pyridine rings is 1. The van der Waals surface area contributed by atoms with Crippen LogP contribution >= 0.6 is 27.5 Å². The van der Waals surface area contributed by atoms with E-state index in [2.05, 4.69) is 49.3 Å². The summed E-state index contributed by atoms with van der Waals surface area (Å²) in [5, 5.41) is 4.26. The smallest absolute Gasteiger partial charge is 0.0545 e. The van der Waals surface area contributed by atoms with Crippen molar-refractivity contribution in [1.29, 1.82) is 0 Å². The van der Waals surface area contributed by atoms with Gasteiger partial charge in [-0.1, -0.05) is 23.7 Å². The lowest BCUT2D eigenvalue weighted by atomic mass is 10.0. The average molecular weight is 367 g/mol. The maximum Gasteiger partial charge on any atom is 0.0545 e. The third-order valence-electron chi connectivity index (χ3n) is 3.74. The summed E-state index contributed by atoms with van der Waals surface area (Å²) in [6.07, 6.45) is 1.85. The zero-order chi connectivity index (χ0) is 14.7. The maximum absolute atomic E-state index is 6.13. The highest BCUT2D eigenvalue weighted by atomic mass is 79.9. The SMILES string of the molecule is Clc1cccc(C2CNCCN2Cc2ccc(Br)cn2)c1. The molecule has 1 aromatic carbocycles. The molecule has 1 aromatic heterocycles. The van der Waals surface area contributed by atoms with Crippen molar-refractivity contribution in [1.82, 2.24) is 15.2 Å². The minimum Gasteiger partial charge on any atom is -0.314 e. The van der Waals surface area contributed by atoms with E-state index in [9.17, 15) is 0 Å². The number of hydrogen-bond donors (Lipinski definition) is 1. The van der Waals surface area contributed by atoms with E-state index >= 15 is 0 Å². The minimum atomic E-state index is 0.336. The van der Waals surface area contributed by atoms with Gasteiger partial charge in [-0.25, -0.2) is 0 Å². The zero-order valence-corrected chi connectivity index (χ0v) is 13.9. The van der Waals surface area contributed by atoms with E-state index in [1.54, 1.807) is 0 Å². The van der Waals surface area contributed by atoms with Crippen LogP contribution in [0.3, 0.4) is 0 Å². The molecule has 2 aromatic rings. The van der Waals surface area contributed by atoms with Gasteiger partial charge in [-0.2, -0.15) is 0 Å². The predicted octanol–water partition coefficient (Wildman–Crippen LogP) is 3.64.